The molecule has 2 heterocycles. The highest BCUT2D eigenvalue weighted by Crippen LogP contribution is 2.24. The molecule has 0 aromatic carbocycles. The molecule has 0 atom stereocenters. The molecule has 1 aromatic heterocycles. The summed E-state index contributed by atoms with van der Waals surface area (Å²) in [5.74, 6) is 0.0901. The smallest absolute Gasteiger partial charge is 0.309 e. The average molecular weight is 332 g/mol. The summed E-state index contributed by atoms with van der Waals surface area (Å²) >= 11 is 5.25. The van der Waals surface area contributed by atoms with Crippen LogP contribution in [0.5, 0.6) is 0 Å². The average Bonchev–Trinajstić information content (AvgIpc) is 2.76. The van der Waals surface area contributed by atoms with Crippen molar-refractivity contribution in [1.82, 2.24) is 4.90 Å². The van der Waals surface area contributed by atoms with Crippen LogP contribution in [-0.2, 0) is 16.1 Å². The standard InChI is InChI=1S/C13H18BrNO2S/c1-2-17-13(16)10-3-5-15(6-4-10)8-12-7-11(14)9-18-12/h7,9-10H,2-6,8H2,1H3. The maximum Gasteiger partial charge on any atom is 0.309 e. The molecule has 0 N–H and O–H groups in total. The van der Waals surface area contributed by atoms with Gasteiger partial charge in [0.25, 0.3) is 0 Å². The van der Waals surface area contributed by atoms with Gasteiger partial charge in [-0.05, 0) is 54.9 Å². The van der Waals surface area contributed by atoms with Crippen molar-refractivity contribution in [2.75, 3.05) is 19.7 Å². The van der Waals surface area contributed by atoms with Gasteiger partial charge >= 0.3 is 5.97 Å². The SMILES string of the molecule is CCOC(=O)C1CCN(Cc2cc(Br)cs2)CC1. The van der Waals surface area contributed by atoms with Crippen molar-refractivity contribution in [3.63, 3.8) is 0 Å². The monoisotopic (exact) mass is 331 g/mol. The Hall–Kier alpha value is -0.390. The summed E-state index contributed by atoms with van der Waals surface area (Å²) in [6.45, 7) is 5.31. The zero-order chi connectivity index (χ0) is 13.0. The maximum absolute atomic E-state index is 11.6. The van der Waals surface area contributed by atoms with Crippen LogP contribution in [0.1, 0.15) is 24.6 Å². The summed E-state index contributed by atoms with van der Waals surface area (Å²) in [6.07, 6.45) is 1.84. The molecule has 1 aliphatic rings. The molecule has 0 radical (unpaired) electrons. The van der Waals surface area contributed by atoms with Crippen LogP contribution in [-0.4, -0.2) is 30.6 Å². The number of carbonyl (C=O) groups excluding carboxylic acids is 1. The molecule has 0 aliphatic carbocycles. The van der Waals surface area contributed by atoms with E-state index in [0.717, 1.165) is 36.9 Å². The van der Waals surface area contributed by atoms with Gasteiger partial charge in [-0.15, -0.1) is 11.3 Å². The number of rotatable bonds is 4. The van der Waals surface area contributed by atoms with Crippen LogP contribution in [0.2, 0.25) is 0 Å². The van der Waals surface area contributed by atoms with Crippen molar-refractivity contribution in [1.29, 1.82) is 0 Å². The molecule has 1 aliphatic heterocycles. The maximum atomic E-state index is 11.6. The van der Waals surface area contributed by atoms with Gasteiger partial charge in [0.2, 0.25) is 0 Å². The van der Waals surface area contributed by atoms with E-state index >= 15 is 0 Å². The van der Waals surface area contributed by atoms with Crippen molar-refractivity contribution in [2.45, 2.75) is 26.3 Å². The van der Waals surface area contributed by atoms with Gasteiger partial charge in [-0.3, -0.25) is 9.69 Å². The third-order valence-electron chi connectivity index (χ3n) is 3.21. The Morgan fingerprint density at radius 1 is 1.56 bits per heavy atom. The first kappa shape index (κ1) is 14.0. The topological polar surface area (TPSA) is 29.5 Å². The van der Waals surface area contributed by atoms with E-state index in [1.807, 2.05) is 6.92 Å². The quantitative estimate of drug-likeness (QED) is 0.793. The Kier molecular flexibility index (Phi) is 5.21. The number of ether oxygens (including phenoxy) is 1. The van der Waals surface area contributed by atoms with E-state index in [4.69, 9.17) is 4.74 Å². The van der Waals surface area contributed by atoms with Gasteiger partial charge in [-0.1, -0.05) is 0 Å². The summed E-state index contributed by atoms with van der Waals surface area (Å²) < 4.78 is 6.23. The fourth-order valence-corrected chi connectivity index (χ4v) is 3.74. The summed E-state index contributed by atoms with van der Waals surface area (Å²) in [7, 11) is 0. The lowest BCUT2D eigenvalue weighted by molar-refractivity contribution is -0.149. The summed E-state index contributed by atoms with van der Waals surface area (Å²) in [6, 6.07) is 2.17. The van der Waals surface area contributed by atoms with Crippen molar-refractivity contribution >= 4 is 33.2 Å². The highest BCUT2D eigenvalue weighted by atomic mass is 79.9. The number of thiophene rings is 1. The predicted molar refractivity (Wildman–Crippen MR) is 76.7 cm³/mol. The Balaban J connectivity index is 1.78. The van der Waals surface area contributed by atoms with Crippen LogP contribution in [0.25, 0.3) is 0 Å². The van der Waals surface area contributed by atoms with Gasteiger partial charge in [-0.25, -0.2) is 0 Å². The van der Waals surface area contributed by atoms with Gasteiger partial charge < -0.3 is 4.74 Å². The summed E-state index contributed by atoms with van der Waals surface area (Å²) in [4.78, 5) is 15.4. The second-order valence-electron chi connectivity index (χ2n) is 4.53. The van der Waals surface area contributed by atoms with Crippen LogP contribution in [0, 0.1) is 5.92 Å². The second kappa shape index (κ2) is 6.68. The number of hydrogen-bond donors (Lipinski definition) is 0. The second-order valence-corrected chi connectivity index (χ2v) is 6.45. The van der Waals surface area contributed by atoms with Gasteiger partial charge in [0.1, 0.15) is 0 Å². The normalized spacial score (nSPS) is 17.9. The zero-order valence-corrected chi connectivity index (χ0v) is 12.9. The van der Waals surface area contributed by atoms with Gasteiger partial charge in [-0.2, -0.15) is 0 Å². The molecule has 0 saturated carbocycles. The van der Waals surface area contributed by atoms with Crippen LogP contribution in [0.15, 0.2) is 15.9 Å². The third-order valence-corrected chi connectivity index (χ3v) is 4.89. The van der Waals surface area contributed by atoms with Crippen molar-refractivity contribution in [3.8, 4) is 0 Å². The summed E-state index contributed by atoms with van der Waals surface area (Å²) in [5, 5.41) is 2.11. The van der Waals surface area contributed by atoms with E-state index in [1.54, 1.807) is 11.3 Å². The first-order valence-corrected chi connectivity index (χ1v) is 7.98. The number of hydrogen-bond acceptors (Lipinski definition) is 4. The number of carbonyl (C=O) groups is 1. The minimum atomic E-state index is -0.0176. The molecule has 0 unspecified atom stereocenters. The first-order chi connectivity index (χ1) is 8.69. The number of esters is 1. The van der Waals surface area contributed by atoms with Crippen molar-refractivity contribution in [2.24, 2.45) is 5.92 Å². The Labute approximate surface area is 120 Å². The molecule has 1 fully saturated rings. The van der Waals surface area contributed by atoms with E-state index in [1.165, 1.54) is 4.88 Å². The van der Waals surface area contributed by atoms with Gasteiger partial charge in [0.15, 0.2) is 0 Å². The lowest BCUT2D eigenvalue weighted by Crippen LogP contribution is -2.36. The summed E-state index contributed by atoms with van der Waals surface area (Å²) in [5.41, 5.74) is 0. The number of likely N-dealkylation sites (tertiary alicyclic amines) is 1. The molecule has 0 bridgehead atoms. The highest BCUT2D eigenvalue weighted by molar-refractivity contribution is 9.10. The Bertz CT molecular complexity index is 399. The minimum absolute atomic E-state index is 0.0176. The van der Waals surface area contributed by atoms with Crippen LogP contribution in [0.3, 0.4) is 0 Å². The predicted octanol–water partition coefficient (Wildman–Crippen LogP) is 3.29. The molecule has 100 valence electrons. The lowest BCUT2D eigenvalue weighted by Gasteiger charge is -2.30. The third kappa shape index (κ3) is 3.80. The number of nitrogens with zero attached hydrogens (tertiary/aromatic N) is 1. The highest BCUT2D eigenvalue weighted by Gasteiger charge is 2.25. The van der Waals surface area contributed by atoms with E-state index in [2.05, 4.69) is 32.3 Å². The number of piperidine rings is 1. The molecular weight excluding hydrogens is 314 g/mol. The lowest BCUT2D eigenvalue weighted by atomic mass is 9.97. The molecule has 1 saturated heterocycles. The molecule has 2 rings (SSSR count). The fraction of sp³-hybridized carbons (Fsp3) is 0.615. The molecular formula is C13H18BrNO2S. The Morgan fingerprint density at radius 3 is 2.83 bits per heavy atom. The Morgan fingerprint density at radius 2 is 2.28 bits per heavy atom. The van der Waals surface area contributed by atoms with Crippen molar-refractivity contribution in [3.05, 3.63) is 20.8 Å². The molecule has 1 aromatic rings. The van der Waals surface area contributed by atoms with Crippen LogP contribution >= 0.6 is 27.3 Å². The van der Waals surface area contributed by atoms with Gasteiger partial charge in [0.05, 0.1) is 12.5 Å². The molecule has 3 nitrogen and oxygen atoms in total. The van der Waals surface area contributed by atoms with Crippen molar-refractivity contribution < 1.29 is 9.53 Å². The zero-order valence-electron chi connectivity index (χ0n) is 10.5. The van der Waals surface area contributed by atoms with Crippen LogP contribution < -0.4 is 0 Å². The van der Waals surface area contributed by atoms with Gasteiger partial charge in [0, 0.05) is 21.3 Å². The molecule has 18 heavy (non-hydrogen) atoms. The van der Waals surface area contributed by atoms with E-state index in [9.17, 15) is 4.79 Å². The van der Waals surface area contributed by atoms with E-state index in [0.29, 0.717) is 6.61 Å². The minimum Gasteiger partial charge on any atom is -0.466 e. The molecule has 5 heteroatoms. The molecule has 0 amide bonds. The van der Waals surface area contributed by atoms with E-state index < -0.39 is 0 Å². The fourth-order valence-electron chi connectivity index (χ4n) is 2.24. The largest absolute Gasteiger partial charge is 0.466 e. The first-order valence-electron chi connectivity index (χ1n) is 6.31. The van der Waals surface area contributed by atoms with E-state index in [-0.39, 0.29) is 11.9 Å². The van der Waals surface area contributed by atoms with Crippen LogP contribution in [0.4, 0.5) is 0 Å². The molecule has 0 spiro atoms. The number of halogens is 1.